The highest BCUT2D eigenvalue weighted by molar-refractivity contribution is 5.40. The van der Waals surface area contributed by atoms with E-state index in [1.54, 1.807) is 0 Å². The summed E-state index contributed by atoms with van der Waals surface area (Å²) in [5.74, 6) is 0.726. The number of piperidine rings is 1. The lowest BCUT2D eigenvalue weighted by atomic mass is 9.99. The van der Waals surface area contributed by atoms with Crippen molar-refractivity contribution in [1.82, 2.24) is 4.98 Å². The van der Waals surface area contributed by atoms with Crippen molar-refractivity contribution in [1.29, 1.82) is 0 Å². The first-order valence-corrected chi connectivity index (χ1v) is 5.90. The predicted octanol–water partition coefficient (Wildman–Crippen LogP) is 2.31. The van der Waals surface area contributed by atoms with Gasteiger partial charge in [-0.05, 0) is 30.9 Å². The molecule has 6 heteroatoms. The zero-order valence-electron chi connectivity index (χ0n) is 9.82. The average Bonchev–Trinajstić information content (AvgIpc) is 2.38. The number of halogens is 3. The molecule has 2 heterocycles. The molecule has 0 aliphatic carbocycles. The zero-order chi connectivity index (χ0) is 13.2. The van der Waals surface area contributed by atoms with E-state index < -0.39 is 11.7 Å². The minimum atomic E-state index is -4.35. The lowest BCUT2D eigenvalue weighted by Gasteiger charge is -2.32. The molecule has 0 saturated carbocycles. The minimum absolute atomic E-state index is 0.108. The highest BCUT2D eigenvalue weighted by Gasteiger charge is 2.31. The Kier molecular flexibility index (Phi) is 3.75. The SMILES string of the molecule is OCC1CCCN(c2ccc(C(F)(F)F)cn2)C1. The van der Waals surface area contributed by atoms with Gasteiger partial charge in [0, 0.05) is 25.9 Å². The number of alkyl halides is 3. The molecule has 0 amide bonds. The molecule has 100 valence electrons. The van der Waals surface area contributed by atoms with Crippen molar-refractivity contribution in [2.75, 3.05) is 24.6 Å². The van der Waals surface area contributed by atoms with Crippen LogP contribution < -0.4 is 4.90 Å². The smallest absolute Gasteiger partial charge is 0.396 e. The fourth-order valence-corrected chi connectivity index (χ4v) is 2.16. The lowest BCUT2D eigenvalue weighted by molar-refractivity contribution is -0.137. The van der Waals surface area contributed by atoms with E-state index >= 15 is 0 Å². The van der Waals surface area contributed by atoms with Gasteiger partial charge >= 0.3 is 6.18 Å². The summed E-state index contributed by atoms with van der Waals surface area (Å²) in [5.41, 5.74) is -0.734. The molecule has 1 aliphatic heterocycles. The quantitative estimate of drug-likeness (QED) is 0.886. The summed E-state index contributed by atoms with van der Waals surface area (Å²) in [6.45, 7) is 1.53. The van der Waals surface area contributed by atoms with Gasteiger partial charge in [0.2, 0.25) is 0 Å². The Morgan fingerprint density at radius 2 is 2.17 bits per heavy atom. The summed E-state index contributed by atoms with van der Waals surface area (Å²) in [6.07, 6.45) is -1.61. The van der Waals surface area contributed by atoms with Gasteiger partial charge in [0.05, 0.1) is 5.56 Å². The van der Waals surface area contributed by atoms with Crippen molar-refractivity contribution in [2.45, 2.75) is 19.0 Å². The van der Waals surface area contributed by atoms with Gasteiger partial charge in [0.15, 0.2) is 0 Å². The van der Waals surface area contributed by atoms with Crippen molar-refractivity contribution in [2.24, 2.45) is 5.92 Å². The van der Waals surface area contributed by atoms with Crippen LogP contribution >= 0.6 is 0 Å². The zero-order valence-corrected chi connectivity index (χ0v) is 9.82. The second-order valence-corrected chi connectivity index (χ2v) is 4.54. The predicted molar refractivity (Wildman–Crippen MR) is 61.3 cm³/mol. The summed E-state index contributed by atoms with van der Waals surface area (Å²) in [7, 11) is 0. The van der Waals surface area contributed by atoms with Gasteiger partial charge in [-0.25, -0.2) is 4.98 Å². The molecular weight excluding hydrogens is 245 g/mol. The highest BCUT2D eigenvalue weighted by atomic mass is 19.4. The molecule has 1 atom stereocenters. The van der Waals surface area contributed by atoms with Crippen molar-refractivity contribution >= 4 is 5.82 Å². The second kappa shape index (κ2) is 5.14. The Hall–Kier alpha value is -1.30. The monoisotopic (exact) mass is 260 g/mol. The van der Waals surface area contributed by atoms with Crippen LogP contribution in [0.1, 0.15) is 18.4 Å². The molecule has 18 heavy (non-hydrogen) atoms. The van der Waals surface area contributed by atoms with Gasteiger partial charge in [0.1, 0.15) is 5.82 Å². The number of anilines is 1. The summed E-state index contributed by atoms with van der Waals surface area (Å²) in [5, 5.41) is 9.11. The van der Waals surface area contributed by atoms with Crippen LogP contribution in [-0.4, -0.2) is 29.8 Å². The van der Waals surface area contributed by atoms with Gasteiger partial charge < -0.3 is 10.0 Å². The number of rotatable bonds is 2. The third-order valence-corrected chi connectivity index (χ3v) is 3.18. The van der Waals surface area contributed by atoms with Crippen molar-refractivity contribution in [3.8, 4) is 0 Å². The van der Waals surface area contributed by atoms with Gasteiger partial charge in [-0.15, -0.1) is 0 Å². The Balaban J connectivity index is 2.09. The number of nitrogens with zero attached hydrogens (tertiary/aromatic N) is 2. The van der Waals surface area contributed by atoms with E-state index in [0.29, 0.717) is 12.4 Å². The van der Waals surface area contributed by atoms with E-state index in [0.717, 1.165) is 31.6 Å². The third-order valence-electron chi connectivity index (χ3n) is 3.18. The van der Waals surface area contributed by atoms with Crippen LogP contribution in [0.3, 0.4) is 0 Å². The number of aromatic nitrogens is 1. The van der Waals surface area contributed by atoms with Gasteiger partial charge in [-0.1, -0.05) is 0 Å². The average molecular weight is 260 g/mol. The molecule has 1 aliphatic rings. The molecule has 1 aromatic heterocycles. The van der Waals surface area contributed by atoms with Crippen LogP contribution in [0.4, 0.5) is 19.0 Å². The van der Waals surface area contributed by atoms with Crippen LogP contribution in [0.25, 0.3) is 0 Å². The Morgan fingerprint density at radius 1 is 1.39 bits per heavy atom. The molecule has 1 saturated heterocycles. The van der Waals surface area contributed by atoms with E-state index in [2.05, 4.69) is 4.98 Å². The minimum Gasteiger partial charge on any atom is -0.396 e. The maximum absolute atomic E-state index is 12.4. The maximum atomic E-state index is 12.4. The second-order valence-electron chi connectivity index (χ2n) is 4.54. The molecule has 3 nitrogen and oxygen atoms in total. The number of pyridine rings is 1. The summed E-state index contributed by atoms with van der Waals surface area (Å²) >= 11 is 0. The van der Waals surface area contributed by atoms with Crippen molar-refractivity contribution < 1.29 is 18.3 Å². The molecule has 0 aromatic carbocycles. The Bertz CT molecular complexity index is 391. The maximum Gasteiger partial charge on any atom is 0.417 e. The number of hydrogen-bond donors (Lipinski definition) is 1. The largest absolute Gasteiger partial charge is 0.417 e. The fourth-order valence-electron chi connectivity index (χ4n) is 2.16. The van der Waals surface area contributed by atoms with E-state index in [-0.39, 0.29) is 12.5 Å². The topological polar surface area (TPSA) is 36.4 Å². The van der Waals surface area contributed by atoms with Gasteiger partial charge in [0.25, 0.3) is 0 Å². The molecule has 1 aromatic rings. The lowest BCUT2D eigenvalue weighted by Crippen LogP contribution is -2.37. The van der Waals surface area contributed by atoms with E-state index in [4.69, 9.17) is 5.11 Å². The van der Waals surface area contributed by atoms with Gasteiger partial charge in [-0.3, -0.25) is 0 Å². The Labute approximate surface area is 103 Å². The molecule has 0 radical (unpaired) electrons. The number of aliphatic hydroxyl groups is 1. The summed E-state index contributed by atoms with van der Waals surface area (Å²) in [4.78, 5) is 5.78. The summed E-state index contributed by atoms with van der Waals surface area (Å²) in [6, 6.07) is 2.44. The standard InChI is InChI=1S/C12H15F3N2O/c13-12(14,15)10-3-4-11(16-6-10)17-5-1-2-9(7-17)8-18/h3-4,6,9,18H,1-2,5,7-8H2. The molecular formula is C12H15F3N2O. The molecule has 1 N–H and O–H groups in total. The molecule has 0 bridgehead atoms. The third kappa shape index (κ3) is 2.93. The van der Waals surface area contributed by atoms with Crippen LogP contribution in [0.2, 0.25) is 0 Å². The first kappa shape index (κ1) is 13.1. The normalized spacial score (nSPS) is 21.1. The van der Waals surface area contributed by atoms with Crippen molar-refractivity contribution in [3.63, 3.8) is 0 Å². The molecule has 2 rings (SSSR count). The first-order valence-electron chi connectivity index (χ1n) is 5.90. The molecule has 0 spiro atoms. The Morgan fingerprint density at radius 3 is 2.72 bits per heavy atom. The van der Waals surface area contributed by atoms with Crippen molar-refractivity contribution in [3.05, 3.63) is 23.9 Å². The van der Waals surface area contributed by atoms with Crippen LogP contribution in [0.15, 0.2) is 18.3 Å². The number of hydrogen-bond acceptors (Lipinski definition) is 3. The van der Waals surface area contributed by atoms with Crippen LogP contribution in [0.5, 0.6) is 0 Å². The van der Waals surface area contributed by atoms with E-state index in [1.165, 1.54) is 6.07 Å². The fraction of sp³-hybridized carbons (Fsp3) is 0.583. The molecule has 1 unspecified atom stereocenters. The molecule has 1 fully saturated rings. The van der Waals surface area contributed by atoms with Crippen LogP contribution in [0, 0.1) is 5.92 Å². The first-order chi connectivity index (χ1) is 8.50. The van der Waals surface area contributed by atoms with E-state index in [1.807, 2.05) is 4.90 Å². The van der Waals surface area contributed by atoms with Crippen LogP contribution in [-0.2, 0) is 6.18 Å². The van der Waals surface area contributed by atoms with E-state index in [9.17, 15) is 13.2 Å². The number of aliphatic hydroxyl groups excluding tert-OH is 1. The van der Waals surface area contributed by atoms with Gasteiger partial charge in [-0.2, -0.15) is 13.2 Å². The summed E-state index contributed by atoms with van der Waals surface area (Å²) < 4.78 is 37.2. The highest BCUT2D eigenvalue weighted by Crippen LogP contribution is 2.30.